The summed E-state index contributed by atoms with van der Waals surface area (Å²) in [7, 11) is 0. The van der Waals surface area contributed by atoms with Gasteiger partial charge in [0, 0.05) is 16.7 Å². The van der Waals surface area contributed by atoms with Crippen LogP contribution in [0.2, 0.25) is 0 Å². The van der Waals surface area contributed by atoms with Crippen LogP contribution in [-0.4, -0.2) is 20.1 Å². The summed E-state index contributed by atoms with van der Waals surface area (Å²) in [6.07, 6.45) is 0.605. The van der Waals surface area contributed by atoms with Crippen molar-refractivity contribution in [3.05, 3.63) is 65.6 Å². The number of fused-ring (bicyclic) bond motifs is 3. The fourth-order valence-electron chi connectivity index (χ4n) is 3.60. The van der Waals surface area contributed by atoms with Gasteiger partial charge in [0.05, 0.1) is 10.9 Å². The number of aryl methyl sites for hydroxylation is 1. The third-order valence-corrected chi connectivity index (χ3v) is 6.56. The third-order valence-electron chi connectivity index (χ3n) is 5.43. The van der Waals surface area contributed by atoms with Crippen LogP contribution in [0.3, 0.4) is 0 Å². The Bertz CT molecular complexity index is 1450. The van der Waals surface area contributed by atoms with E-state index in [1.54, 1.807) is 6.07 Å². The summed E-state index contributed by atoms with van der Waals surface area (Å²) in [5.41, 5.74) is 2.75. The summed E-state index contributed by atoms with van der Waals surface area (Å²) >= 11 is 1.41. The lowest BCUT2D eigenvalue weighted by molar-refractivity contribution is 0.237. The van der Waals surface area contributed by atoms with Crippen molar-refractivity contribution < 1.29 is 13.7 Å². The van der Waals surface area contributed by atoms with E-state index in [0.717, 1.165) is 10.3 Å². The SMILES string of the molecule is CCc1nc(OCc2nc(-c3ccc(C(C)(C)C)cc3)no2)c2sc3cccc(F)c3c2n1. The smallest absolute Gasteiger partial charge is 0.264 e. The lowest BCUT2D eigenvalue weighted by Gasteiger charge is -2.18. The van der Waals surface area contributed by atoms with Crippen LogP contribution in [0.4, 0.5) is 4.39 Å². The van der Waals surface area contributed by atoms with Gasteiger partial charge in [0.1, 0.15) is 16.3 Å². The van der Waals surface area contributed by atoms with Crippen LogP contribution in [0.15, 0.2) is 47.0 Å². The van der Waals surface area contributed by atoms with Crippen LogP contribution in [0.1, 0.15) is 45.0 Å². The zero-order valence-corrected chi connectivity index (χ0v) is 19.7. The molecule has 0 saturated heterocycles. The van der Waals surface area contributed by atoms with E-state index in [1.807, 2.05) is 25.1 Å². The molecule has 0 fully saturated rings. The molecule has 3 aromatic heterocycles. The Morgan fingerprint density at radius 3 is 2.55 bits per heavy atom. The van der Waals surface area contributed by atoms with Crippen LogP contribution in [0, 0.1) is 5.82 Å². The van der Waals surface area contributed by atoms with Crippen molar-refractivity contribution in [1.82, 2.24) is 20.1 Å². The number of nitrogens with zero attached hydrogens (tertiary/aromatic N) is 4. The number of thiophene rings is 1. The second kappa shape index (κ2) is 8.19. The zero-order chi connectivity index (χ0) is 23.2. The van der Waals surface area contributed by atoms with Crippen LogP contribution in [0.25, 0.3) is 31.7 Å². The highest BCUT2D eigenvalue weighted by Crippen LogP contribution is 2.38. The van der Waals surface area contributed by atoms with Crippen LogP contribution in [0.5, 0.6) is 5.88 Å². The molecule has 0 radical (unpaired) electrons. The Balaban J connectivity index is 1.42. The molecule has 168 valence electrons. The van der Waals surface area contributed by atoms with E-state index in [-0.39, 0.29) is 17.8 Å². The Labute approximate surface area is 194 Å². The van der Waals surface area contributed by atoms with E-state index in [2.05, 4.69) is 53.0 Å². The van der Waals surface area contributed by atoms with E-state index in [0.29, 0.717) is 45.4 Å². The number of hydrogen-bond donors (Lipinski definition) is 0. The van der Waals surface area contributed by atoms with Crippen LogP contribution < -0.4 is 4.74 Å². The molecule has 33 heavy (non-hydrogen) atoms. The first-order valence-electron chi connectivity index (χ1n) is 10.8. The number of halogens is 1. The molecule has 0 bridgehead atoms. The maximum Gasteiger partial charge on any atom is 0.264 e. The largest absolute Gasteiger partial charge is 0.466 e. The monoisotopic (exact) mass is 462 g/mol. The van der Waals surface area contributed by atoms with Crippen molar-refractivity contribution in [2.24, 2.45) is 0 Å². The first kappa shape index (κ1) is 21.5. The molecule has 5 rings (SSSR count). The first-order chi connectivity index (χ1) is 15.8. The highest BCUT2D eigenvalue weighted by molar-refractivity contribution is 7.26. The van der Waals surface area contributed by atoms with Crippen LogP contribution >= 0.6 is 11.3 Å². The predicted molar refractivity (Wildman–Crippen MR) is 127 cm³/mol. The van der Waals surface area contributed by atoms with Gasteiger partial charge < -0.3 is 9.26 Å². The first-order valence-corrected chi connectivity index (χ1v) is 11.6. The molecule has 0 aliphatic heterocycles. The van der Waals surface area contributed by atoms with Gasteiger partial charge in [0.2, 0.25) is 11.7 Å². The summed E-state index contributed by atoms with van der Waals surface area (Å²) in [4.78, 5) is 13.5. The molecule has 3 heterocycles. The minimum absolute atomic E-state index is 0.0546. The zero-order valence-electron chi connectivity index (χ0n) is 18.8. The third kappa shape index (κ3) is 4.06. The van der Waals surface area contributed by atoms with E-state index in [4.69, 9.17) is 9.26 Å². The van der Waals surface area contributed by atoms with Gasteiger partial charge in [-0.25, -0.2) is 9.37 Å². The lowest BCUT2D eigenvalue weighted by Crippen LogP contribution is -2.10. The summed E-state index contributed by atoms with van der Waals surface area (Å²) in [6.45, 7) is 8.52. The van der Waals surface area contributed by atoms with Crippen molar-refractivity contribution in [2.45, 2.75) is 46.1 Å². The molecular formula is C25H23FN4O2S. The molecule has 6 nitrogen and oxygen atoms in total. The van der Waals surface area contributed by atoms with E-state index in [9.17, 15) is 4.39 Å². The molecule has 8 heteroatoms. The highest BCUT2D eigenvalue weighted by Gasteiger charge is 2.19. The maximum absolute atomic E-state index is 14.5. The second-order valence-corrected chi connectivity index (χ2v) is 9.87. The number of hydrogen-bond acceptors (Lipinski definition) is 7. The standard InChI is InChI=1S/C25H23FN4O2S/c1-5-18-27-21-20-16(26)7-6-8-17(20)33-22(21)24(28-18)31-13-19-29-23(30-32-19)14-9-11-15(12-10-14)25(2,3)4/h6-12H,5,13H2,1-4H3. The van der Waals surface area contributed by atoms with Crippen molar-refractivity contribution in [3.63, 3.8) is 0 Å². The lowest BCUT2D eigenvalue weighted by atomic mass is 9.87. The molecule has 0 amide bonds. The van der Waals surface area contributed by atoms with E-state index in [1.165, 1.54) is 23.0 Å². The average Bonchev–Trinajstić information content (AvgIpc) is 3.42. The van der Waals surface area contributed by atoms with Crippen LogP contribution in [-0.2, 0) is 18.4 Å². The normalized spacial score (nSPS) is 12.0. The highest BCUT2D eigenvalue weighted by atomic mass is 32.1. The summed E-state index contributed by atoms with van der Waals surface area (Å²) in [6, 6.07) is 13.1. The molecule has 0 saturated carbocycles. The second-order valence-electron chi connectivity index (χ2n) is 8.82. The Morgan fingerprint density at radius 2 is 1.82 bits per heavy atom. The van der Waals surface area contributed by atoms with Gasteiger partial charge in [0.15, 0.2) is 6.61 Å². The molecule has 0 aliphatic carbocycles. The fraction of sp³-hybridized carbons (Fsp3) is 0.280. The minimum atomic E-state index is -0.301. The maximum atomic E-state index is 14.5. The predicted octanol–water partition coefficient (Wildman–Crippen LogP) is 6.47. The van der Waals surface area contributed by atoms with Crippen molar-refractivity contribution in [3.8, 4) is 17.3 Å². The number of aromatic nitrogens is 4. The molecular weight excluding hydrogens is 439 g/mol. The number of rotatable bonds is 5. The Morgan fingerprint density at radius 1 is 1.03 bits per heavy atom. The van der Waals surface area contributed by atoms with Crippen molar-refractivity contribution in [2.75, 3.05) is 0 Å². The Hall–Kier alpha value is -3.39. The molecule has 0 atom stereocenters. The quantitative estimate of drug-likeness (QED) is 0.298. The van der Waals surface area contributed by atoms with Gasteiger partial charge in [0.25, 0.3) is 5.89 Å². The molecule has 0 N–H and O–H groups in total. The molecule has 0 aliphatic rings. The van der Waals surface area contributed by atoms with E-state index >= 15 is 0 Å². The van der Waals surface area contributed by atoms with Crippen molar-refractivity contribution >= 4 is 31.6 Å². The average molecular weight is 463 g/mol. The van der Waals surface area contributed by atoms with Gasteiger partial charge in [-0.15, -0.1) is 11.3 Å². The summed E-state index contributed by atoms with van der Waals surface area (Å²) in [5, 5.41) is 4.59. The molecule has 0 unspecified atom stereocenters. The molecule has 5 aromatic rings. The van der Waals surface area contributed by atoms with E-state index < -0.39 is 0 Å². The van der Waals surface area contributed by atoms with Gasteiger partial charge >= 0.3 is 0 Å². The summed E-state index contributed by atoms with van der Waals surface area (Å²) in [5.74, 6) is 1.52. The fourth-order valence-corrected chi connectivity index (χ4v) is 4.70. The topological polar surface area (TPSA) is 73.9 Å². The van der Waals surface area contributed by atoms with Gasteiger partial charge in [-0.2, -0.15) is 9.97 Å². The minimum Gasteiger partial charge on any atom is -0.466 e. The van der Waals surface area contributed by atoms with Gasteiger partial charge in [-0.05, 0) is 23.1 Å². The number of benzene rings is 2. The van der Waals surface area contributed by atoms with Gasteiger partial charge in [-0.3, -0.25) is 0 Å². The molecule has 0 spiro atoms. The Kier molecular flexibility index (Phi) is 5.32. The molecule has 2 aromatic carbocycles. The van der Waals surface area contributed by atoms with Crippen molar-refractivity contribution in [1.29, 1.82) is 0 Å². The number of ether oxygens (including phenoxy) is 1. The van der Waals surface area contributed by atoms with Gasteiger partial charge in [-0.1, -0.05) is 63.2 Å². The summed E-state index contributed by atoms with van der Waals surface area (Å²) < 4.78 is 27.4.